The zero-order chi connectivity index (χ0) is 8.97. The summed E-state index contributed by atoms with van der Waals surface area (Å²) in [6.45, 7) is 5.75. The van der Waals surface area contributed by atoms with Gasteiger partial charge in [0.2, 0.25) is 0 Å². The molecule has 0 unspecified atom stereocenters. The van der Waals surface area contributed by atoms with Crippen LogP contribution in [0.3, 0.4) is 0 Å². The van der Waals surface area contributed by atoms with E-state index in [1.807, 2.05) is 0 Å². The topological polar surface area (TPSA) is 26.3 Å². The first-order valence-electron chi connectivity index (χ1n) is 4.46. The second kappa shape index (κ2) is 4.41. The minimum absolute atomic E-state index is 0.111. The van der Waals surface area contributed by atoms with Gasteiger partial charge < -0.3 is 4.74 Å². The molecule has 0 bridgehead atoms. The van der Waals surface area contributed by atoms with E-state index in [0.29, 0.717) is 6.10 Å². The van der Waals surface area contributed by atoms with Crippen molar-refractivity contribution < 1.29 is 9.53 Å². The van der Waals surface area contributed by atoms with Crippen molar-refractivity contribution in [2.24, 2.45) is 0 Å². The summed E-state index contributed by atoms with van der Waals surface area (Å²) in [6, 6.07) is 0. The van der Waals surface area contributed by atoms with E-state index < -0.39 is 0 Å². The predicted molar refractivity (Wildman–Crippen MR) is 48.0 cm³/mol. The minimum atomic E-state index is 0.111. The second-order valence-corrected chi connectivity index (χ2v) is 3.46. The summed E-state index contributed by atoms with van der Waals surface area (Å²) in [5.74, 6) is 0.111. The smallest absolute Gasteiger partial charge is 0.155 e. The third kappa shape index (κ3) is 3.18. The molecule has 0 aromatic carbocycles. The monoisotopic (exact) mass is 168 g/mol. The third-order valence-electron chi connectivity index (χ3n) is 2.16. The van der Waals surface area contributed by atoms with Gasteiger partial charge in [-0.3, -0.25) is 4.79 Å². The molecule has 2 nitrogen and oxygen atoms in total. The fourth-order valence-corrected chi connectivity index (χ4v) is 1.40. The lowest BCUT2D eigenvalue weighted by Crippen LogP contribution is -2.20. The first-order valence-corrected chi connectivity index (χ1v) is 4.46. The number of carbonyl (C=O) groups is 1. The lowest BCUT2D eigenvalue weighted by molar-refractivity contribution is -0.123. The summed E-state index contributed by atoms with van der Waals surface area (Å²) in [7, 11) is 0. The van der Waals surface area contributed by atoms with E-state index in [0.717, 1.165) is 25.7 Å². The Labute approximate surface area is 73.6 Å². The lowest BCUT2D eigenvalue weighted by atomic mass is 9.94. The Kier molecular flexibility index (Phi) is 3.48. The Balaban J connectivity index is 2.17. The maximum atomic E-state index is 10.6. The molecule has 0 saturated heterocycles. The molecule has 1 rings (SSSR count). The van der Waals surface area contributed by atoms with Crippen LogP contribution in [0.5, 0.6) is 0 Å². The van der Waals surface area contributed by atoms with Crippen molar-refractivity contribution in [3.8, 4) is 0 Å². The number of hydrogen-bond acceptors (Lipinski definition) is 2. The molecule has 0 aromatic heterocycles. The molecular weight excluding hydrogens is 152 g/mol. The van der Waals surface area contributed by atoms with Crippen molar-refractivity contribution in [3.63, 3.8) is 0 Å². The molecule has 2 heteroatoms. The summed E-state index contributed by atoms with van der Waals surface area (Å²) < 4.78 is 5.40. The first-order chi connectivity index (χ1) is 5.68. The Bertz CT molecular complexity index is 174. The fourth-order valence-electron chi connectivity index (χ4n) is 1.40. The predicted octanol–water partition coefficient (Wildman–Crippen LogP) is 2.09. The number of carbonyl (C=O) groups excluding carboxylic acids is 1. The van der Waals surface area contributed by atoms with Crippen molar-refractivity contribution in [1.29, 1.82) is 0 Å². The van der Waals surface area contributed by atoms with Crippen molar-refractivity contribution in [2.45, 2.75) is 38.7 Å². The molecule has 0 aromatic rings. The van der Waals surface area contributed by atoms with Gasteiger partial charge in [0, 0.05) is 0 Å². The summed E-state index contributed by atoms with van der Waals surface area (Å²) in [6.07, 6.45) is 4.48. The van der Waals surface area contributed by atoms with E-state index in [1.54, 1.807) is 6.92 Å². The zero-order valence-electron chi connectivity index (χ0n) is 7.64. The van der Waals surface area contributed by atoms with Gasteiger partial charge in [-0.05, 0) is 32.6 Å². The van der Waals surface area contributed by atoms with E-state index in [2.05, 4.69) is 6.58 Å². The van der Waals surface area contributed by atoms with Gasteiger partial charge in [-0.2, -0.15) is 0 Å². The molecule has 0 aliphatic heterocycles. The Hall–Kier alpha value is -0.630. The average molecular weight is 168 g/mol. The number of rotatable bonds is 3. The quantitative estimate of drug-likeness (QED) is 0.603. The van der Waals surface area contributed by atoms with Gasteiger partial charge in [-0.25, -0.2) is 0 Å². The Morgan fingerprint density at radius 1 is 1.58 bits per heavy atom. The number of Topliss-reactive ketones (excluding diaryl/α,β-unsaturated/α-hetero) is 1. The van der Waals surface area contributed by atoms with Crippen LogP contribution in [0.4, 0.5) is 0 Å². The fraction of sp³-hybridized carbons (Fsp3) is 0.700. The molecule has 0 heterocycles. The number of hydrogen-bond donors (Lipinski definition) is 0. The average Bonchev–Trinajstić information content (AvgIpc) is 2.03. The summed E-state index contributed by atoms with van der Waals surface area (Å²) in [5, 5.41) is 0. The van der Waals surface area contributed by atoms with E-state index >= 15 is 0 Å². The van der Waals surface area contributed by atoms with Crippen LogP contribution < -0.4 is 0 Å². The van der Waals surface area contributed by atoms with Gasteiger partial charge in [0.1, 0.15) is 6.61 Å². The van der Waals surface area contributed by atoms with Crippen molar-refractivity contribution >= 4 is 5.78 Å². The molecule has 68 valence electrons. The summed E-state index contributed by atoms with van der Waals surface area (Å²) >= 11 is 0. The highest BCUT2D eigenvalue weighted by Gasteiger charge is 2.15. The molecule has 1 aliphatic rings. The maximum Gasteiger partial charge on any atom is 0.155 e. The van der Waals surface area contributed by atoms with E-state index in [1.165, 1.54) is 5.57 Å². The maximum absolute atomic E-state index is 10.6. The Morgan fingerprint density at radius 2 is 2.17 bits per heavy atom. The second-order valence-electron chi connectivity index (χ2n) is 3.46. The van der Waals surface area contributed by atoms with Gasteiger partial charge in [-0.15, -0.1) is 0 Å². The zero-order valence-corrected chi connectivity index (χ0v) is 7.64. The molecule has 1 aliphatic carbocycles. The van der Waals surface area contributed by atoms with E-state index in [9.17, 15) is 4.79 Å². The normalized spacial score (nSPS) is 19.6. The molecule has 1 fully saturated rings. The van der Waals surface area contributed by atoms with Gasteiger partial charge >= 0.3 is 0 Å². The highest BCUT2D eigenvalue weighted by molar-refractivity contribution is 5.76. The molecule has 0 N–H and O–H groups in total. The van der Waals surface area contributed by atoms with Crippen LogP contribution in [0.25, 0.3) is 0 Å². The molecule has 0 amide bonds. The standard InChI is InChI=1S/C10H16O2/c1-8-3-5-10(6-4-8)12-7-9(2)11/h10H,1,3-7H2,2H3. The van der Waals surface area contributed by atoms with Crippen molar-refractivity contribution in [3.05, 3.63) is 12.2 Å². The third-order valence-corrected chi connectivity index (χ3v) is 2.16. The van der Waals surface area contributed by atoms with Crippen LogP contribution in [0, 0.1) is 0 Å². The van der Waals surface area contributed by atoms with Gasteiger partial charge in [-0.1, -0.05) is 12.2 Å². The van der Waals surface area contributed by atoms with Crippen LogP contribution in [0.15, 0.2) is 12.2 Å². The first kappa shape index (κ1) is 9.46. The van der Waals surface area contributed by atoms with E-state index in [-0.39, 0.29) is 12.4 Å². The lowest BCUT2D eigenvalue weighted by Gasteiger charge is -2.22. The van der Waals surface area contributed by atoms with Crippen molar-refractivity contribution in [1.82, 2.24) is 0 Å². The number of ketones is 1. The molecule has 1 saturated carbocycles. The largest absolute Gasteiger partial charge is 0.370 e. The molecule has 0 radical (unpaired) electrons. The number of ether oxygens (including phenoxy) is 1. The van der Waals surface area contributed by atoms with Crippen LogP contribution in [0.1, 0.15) is 32.6 Å². The van der Waals surface area contributed by atoms with Crippen LogP contribution >= 0.6 is 0 Å². The minimum Gasteiger partial charge on any atom is -0.370 e. The van der Waals surface area contributed by atoms with Crippen LogP contribution in [0.2, 0.25) is 0 Å². The highest BCUT2D eigenvalue weighted by atomic mass is 16.5. The van der Waals surface area contributed by atoms with Gasteiger partial charge in [0.25, 0.3) is 0 Å². The summed E-state index contributed by atoms with van der Waals surface area (Å²) in [4.78, 5) is 10.6. The summed E-state index contributed by atoms with van der Waals surface area (Å²) in [5.41, 5.74) is 1.32. The molecule has 12 heavy (non-hydrogen) atoms. The number of allylic oxidation sites excluding steroid dienone is 1. The van der Waals surface area contributed by atoms with E-state index in [4.69, 9.17) is 4.74 Å². The van der Waals surface area contributed by atoms with Gasteiger partial charge in [0.15, 0.2) is 5.78 Å². The molecular formula is C10H16O2. The highest BCUT2D eigenvalue weighted by Crippen LogP contribution is 2.23. The molecule has 0 spiro atoms. The van der Waals surface area contributed by atoms with Crippen LogP contribution in [-0.4, -0.2) is 18.5 Å². The Morgan fingerprint density at radius 3 is 2.67 bits per heavy atom. The van der Waals surface area contributed by atoms with Crippen LogP contribution in [-0.2, 0) is 9.53 Å². The molecule has 0 atom stereocenters. The van der Waals surface area contributed by atoms with Crippen molar-refractivity contribution in [2.75, 3.05) is 6.61 Å². The van der Waals surface area contributed by atoms with Gasteiger partial charge in [0.05, 0.1) is 6.10 Å². The SMILES string of the molecule is C=C1CCC(OCC(C)=O)CC1.